The molecule has 170 valence electrons. The van der Waals surface area contributed by atoms with Crippen LogP contribution in [0.15, 0.2) is 71.8 Å². The summed E-state index contributed by atoms with van der Waals surface area (Å²) >= 11 is 12.1. The monoisotopic (exact) mass is 485 g/mol. The van der Waals surface area contributed by atoms with E-state index in [9.17, 15) is 9.59 Å². The molecule has 9 heteroatoms. The topological polar surface area (TPSA) is 89.0 Å². The van der Waals surface area contributed by atoms with E-state index in [1.54, 1.807) is 73.8 Å². The molecule has 0 fully saturated rings. The first kappa shape index (κ1) is 24.1. The summed E-state index contributed by atoms with van der Waals surface area (Å²) in [6.07, 6.45) is 1.40. The minimum Gasteiger partial charge on any atom is -0.497 e. The van der Waals surface area contributed by atoms with Gasteiger partial charge >= 0.3 is 11.8 Å². The third-order valence-electron chi connectivity index (χ3n) is 4.51. The van der Waals surface area contributed by atoms with E-state index in [2.05, 4.69) is 15.8 Å². The lowest BCUT2D eigenvalue weighted by Crippen LogP contribution is -2.37. The number of carbonyl (C=O) groups is 2. The lowest BCUT2D eigenvalue weighted by atomic mass is 10.2. The maximum absolute atomic E-state index is 12.0. The fourth-order valence-electron chi connectivity index (χ4n) is 2.73. The molecule has 3 aromatic carbocycles. The molecule has 0 heterocycles. The average molecular weight is 486 g/mol. The van der Waals surface area contributed by atoms with Gasteiger partial charge in [-0.05, 0) is 42.0 Å². The summed E-state index contributed by atoms with van der Waals surface area (Å²) in [6.45, 7) is 0.422. The summed E-state index contributed by atoms with van der Waals surface area (Å²) in [4.78, 5) is 24.0. The van der Waals surface area contributed by atoms with Crippen LogP contribution in [0.2, 0.25) is 10.0 Å². The maximum atomic E-state index is 12.0. The Bertz CT molecular complexity index is 1150. The fourth-order valence-corrected chi connectivity index (χ4v) is 3.19. The smallest absolute Gasteiger partial charge is 0.329 e. The number of benzene rings is 3. The largest absolute Gasteiger partial charge is 0.497 e. The van der Waals surface area contributed by atoms with Gasteiger partial charge in [0.25, 0.3) is 0 Å². The molecule has 3 aromatic rings. The van der Waals surface area contributed by atoms with E-state index in [-0.39, 0.29) is 13.2 Å². The minimum absolute atomic E-state index is 0.198. The molecule has 0 unspecified atom stereocenters. The predicted molar refractivity (Wildman–Crippen MR) is 128 cm³/mol. The number of rotatable bonds is 8. The average Bonchev–Trinajstić information content (AvgIpc) is 2.83. The van der Waals surface area contributed by atoms with Crippen LogP contribution in [0.25, 0.3) is 0 Å². The molecule has 0 radical (unpaired) electrons. The summed E-state index contributed by atoms with van der Waals surface area (Å²) in [5.74, 6) is -0.445. The Kier molecular flexibility index (Phi) is 8.69. The Morgan fingerprint density at radius 1 is 1.00 bits per heavy atom. The van der Waals surface area contributed by atoms with Gasteiger partial charge in [-0.25, -0.2) is 5.43 Å². The summed E-state index contributed by atoms with van der Waals surface area (Å²) < 4.78 is 10.9. The highest BCUT2D eigenvalue weighted by Gasteiger charge is 2.12. The van der Waals surface area contributed by atoms with Gasteiger partial charge in [-0.2, -0.15) is 5.10 Å². The molecule has 0 saturated heterocycles. The standard InChI is InChI=1S/C24H21Cl2N3O4/c1-32-20-10-6-16(7-11-20)13-27-23(30)24(31)29-28-14-17-4-2-3-5-22(17)33-15-18-8-9-19(25)12-21(18)26/h2-12,14H,13,15H2,1H3,(H,27,30)(H,29,31)/b28-14-. The van der Waals surface area contributed by atoms with Crippen molar-refractivity contribution >= 4 is 41.2 Å². The molecular formula is C24H21Cl2N3O4. The van der Waals surface area contributed by atoms with E-state index < -0.39 is 11.8 Å². The molecule has 0 aromatic heterocycles. The molecule has 0 bridgehead atoms. The van der Waals surface area contributed by atoms with Gasteiger partial charge in [0.1, 0.15) is 18.1 Å². The summed E-state index contributed by atoms with van der Waals surface area (Å²) in [6, 6.07) is 19.4. The van der Waals surface area contributed by atoms with Crippen molar-refractivity contribution in [2.45, 2.75) is 13.2 Å². The van der Waals surface area contributed by atoms with Crippen molar-refractivity contribution in [2.75, 3.05) is 7.11 Å². The highest BCUT2D eigenvalue weighted by molar-refractivity contribution is 6.35. The van der Waals surface area contributed by atoms with Crippen molar-refractivity contribution in [2.24, 2.45) is 5.10 Å². The highest BCUT2D eigenvalue weighted by atomic mass is 35.5. The molecule has 0 atom stereocenters. The first-order chi connectivity index (χ1) is 16.0. The van der Waals surface area contributed by atoms with Crippen LogP contribution in [0, 0.1) is 0 Å². The molecule has 0 saturated carbocycles. The van der Waals surface area contributed by atoms with Crippen LogP contribution >= 0.6 is 23.2 Å². The number of amides is 2. The third-order valence-corrected chi connectivity index (χ3v) is 5.09. The van der Waals surface area contributed by atoms with E-state index >= 15 is 0 Å². The number of carbonyl (C=O) groups excluding carboxylic acids is 2. The third kappa shape index (κ3) is 7.24. The number of nitrogens with zero attached hydrogens (tertiary/aromatic N) is 1. The predicted octanol–water partition coefficient (Wildman–Crippen LogP) is 4.35. The summed E-state index contributed by atoms with van der Waals surface area (Å²) in [7, 11) is 1.57. The number of hydrazone groups is 1. The van der Waals surface area contributed by atoms with Gasteiger partial charge in [-0.1, -0.05) is 53.5 Å². The Hall–Kier alpha value is -3.55. The van der Waals surface area contributed by atoms with Gasteiger partial charge in [-0.3, -0.25) is 9.59 Å². The second-order valence-corrected chi connectivity index (χ2v) is 7.64. The van der Waals surface area contributed by atoms with Crippen LogP contribution in [0.3, 0.4) is 0 Å². The first-order valence-corrected chi connectivity index (χ1v) is 10.6. The van der Waals surface area contributed by atoms with Gasteiger partial charge in [-0.15, -0.1) is 0 Å². The number of halogens is 2. The molecular weight excluding hydrogens is 465 g/mol. The number of nitrogens with one attached hydrogen (secondary N) is 2. The van der Waals surface area contributed by atoms with Crippen LogP contribution in [0.4, 0.5) is 0 Å². The first-order valence-electron chi connectivity index (χ1n) is 9.86. The second kappa shape index (κ2) is 11.9. The molecule has 2 N–H and O–H groups in total. The van der Waals surface area contributed by atoms with Crippen LogP contribution in [-0.4, -0.2) is 25.1 Å². The summed E-state index contributed by atoms with van der Waals surface area (Å²) in [5.41, 5.74) is 4.42. The number of para-hydroxylation sites is 1. The maximum Gasteiger partial charge on any atom is 0.329 e. The Labute approximate surface area is 201 Å². The van der Waals surface area contributed by atoms with Crippen molar-refractivity contribution in [3.05, 3.63) is 93.5 Å². The molecule has 0 spiro atoms. The van der Waals surface area contributed by atoms with Crippen molar-refractivity contribution in [3.8, 4) is 11.5 Å². The van der Waals surface area contributed by atoms with Crippen molar-refractivity contribution in [1.29, 1.82) is 0 Å². The van der Waals surface area contributed by atoms with Crippen LogP contribution < -0.4 is 20.2 Å². The molecule has 2 amide bonds. The molecule has 7 nitrogen and oxygen atoms in total. The van der Waals surface area contributed by atoms with Gasteiger partial charge in [0, 0.05) is 27.7 Å². The lowest BCUT2D eigenvalue weighted by molar-refractivity contribution is -0.139. The Morgan fingerprint density at radius 3 is 2.48 bits per heavy atom. The van der Waals surface area contributed by atoms with E-state index in [0.717, 1.165) is 11.1 Å². The van der Waals surface area contributed by atoms with Crippen LogP contribution in [-0.2, 0) is 22.7 Å². The molecule has 3 rings (SSSR count). The van der Waals surface area contributed by atoms with E-state index in [1.807, 2.05) is 0 Å². The second-order valence-electron chi connectivity index (χ2n) is 6.79. The zero-order chi connectivity index (χ0) is 23.6. The zero-order valence-corrected chi connectivity index (χ0v) is 19.2. The van der Waals surface area contributed by atoms with E-state index in [0.29, 0.717) is 27.1 Å². The number of ether oxygens (including phenoxy) is 2. The highest BCUT2D eigenvalue weighted by Crippen LogP contribution is 2.23. The number of methoxy groups -OCH3 is 1. The van der Waals surface area contributed by atoms with Gasteiger partial charge in [0.2, 0.25) is 0 Å². The van der Waals surface area contributed by atoms with Gasteiger partial charge < -0.3 is 14.8 Å². The molecule has 0 aliphatic carbocycles. The Morgan fingerprint density at radius 2 is 1.76 bits per heavy atom. The van der Waals surface area contributed by atoms with E-state index in [1.165, 1.54) is 6.21 Å². The lowest BCUT2D eigenvalue weighted by Gasteiger charge is -2.10. The van der Waals surface area contributed by atoms with Crippen LogP contribution in [0.1, 0.15) is 16.7 Å². The zero-order valence-electron chi connectivity index (χ0n) is 17.7. The SMILES string of the molecule is COc1ccc(CNC(=O)C(=O)N/N=C\c2ccccc2OCc2ccc(Cl)cc2Cl)cc1. The quantitative estimate of drug-likeness (QED) is 0.282. The number of hydrogen-bond acceptors (Lipinski definition) is 5. The summed E-state index contributed by atoms with van der Waals surface area (Å²) in [5, 5.41) is 7.43. The molecule has 0 aliphatic heterocycles. The number of hydrogen-bond donors (Lipinski definition) is 2. The fraction of sp³-hybridized carbons (Fsp3) is 0.125. The van der Waals surface area contributed by atoms with Crippen molar-refractivity contribution < 1.29 is 19.1 Å². The van der Waals surface area contributed by atoms with Gasteiger partial charge in [0.05, 0.1) is 13.3 Å². The van der Waals surface area contributed by atoms with Gasteiger partial charge in [0.15, 0.2) is 0 Å². The van der Waals surface area contributed by atoms with Crippen molar-refractivity contribution in [1.82, 2.24) is 10.7 Å². The minimum atomic E-state index is -0.883. The van der Waals surface area contributed by atoms with Crippen LogP contribution in [0.5, 0.6) is 11.5 Å². The molecule has 0 aliphatic rings. The van der Waals surface area contributed by atoms with Crippen molar-refractivity contribution in [3.63, 3.8) is 0 Å². The normalized spacial score (nSPS) is 10.6. The molecule has 33 heavy (non-hydrogen) atoms. The Balaban J connectivity index is 1.52. The van der Waals surface area contributed by atoms with E-state index in [4.69, 9.17) is 32.7 Å².